The minimum absolute atomic E-state index is 0.0802. The van der Waals surface area contributed by atoms with E-state index in [1.807, 2.05) is 35.1 Å². The molecule has 1 aromatic heterocycles. The molecule has 0 aromatic carbocycles. The van der Waals surface area contributed by atoms with Gasteiger partial charge in [-0.2, -0.15) is 0 Å². The van der Waals surface area contributed by atoms with Gasteiger partial charge in [-0.05, 0) is 35.8 Å². The molecule has 0 atom stereocenters. The highest BCUT2D eigenvalue weighted by molar-refractivity contribution is 9.11. The van der Waals surface area contributed by atoms with Crippen LogP contribution in [0, 0.1) is 0 Å². The monoisotopic (exact) mass is 387 g/mol. The number of carbonyl (C=O) groups is 2. The van der Waals surface area contributed by atoms with Gasteiger partial charge in [-0.3, -0.25) is 14.5 Å². The fraction of sp³-hybridized carbons (Fsp3) is 0.600. The Morgan fingerprint density at radius 3 is 2.36 bits per heavy atom. The lowest BCUT2D eigenvalue weighted by Gasteiger charge is -2.35. The smallest absolute Gasteiger partial charge is 0.254 e. The first-order valence-electron chi connectivity index (χ1n) is 7.58. The van der Waals surface area contributed by atoms with Gasteiger partial charge in [0.25, 0.3) is 5.91 Å². The summed E-state index contributed by atoms with van der Waals surface area (Å²) in [4.78, 5) is 30.3. The quantitative estimate of drug-likeness (QED) is 0.777. The Hall–Kier alpha value is -0.920. The third-order valence-electron chi connectivity index (χ3n) is 3.95. The zero-order chi connectivity index (χ0) is 16.1. The average Bonchev–Trinajstić information content (AvgIpc) is 2.95. The number of likely N-dealkylation sites (N-methyl/N-ethyl adjacent to an activating group) is 1. The van der Waals surface area contributed by atoms with Gasteiger partial charge in [-0.15, -0.1) is 11.3 Å². The summed E-state index contributed by atoms with van der Waals surface area (Å²) in [6.07, 6.45) is 0. The second-order valence-electron chi connectivity index (χ2n) is 5.27. The van der Waals surface area contributed by atoms with Gasteiger partial charge in [0, 0.05) is 44.6 Å². The van der Waals surface area contributed by atoms with E-state index in [4.69, 9.17) is 0 Å². The lowest BCUT2D eigenvalue weighted by Crippen LogP contribution is -2.51. The van der Waals surface area contributed by atoms with Crippen LogP contribution < -0.4 is 0 Å². The lowest BCUT2D eigenvalue weighted by atomic mass is 10.2. The van der Waals surface area contributed by atoms with Crippen LogP contribution in [0.15, 0.2) is 15.2 Å². The fourth-order valence-electron chi connectivity index (χ4n) is 2.58. The van der Waals surface area contributed by atoms with Crippen molar-refractivity contribution in [2.75, 3.05) is 45.8 Å². The molecule has 0 bridgehead atoms. The summed E-state index contributed by atoms with van der Waals surface area (Å²) in [5, 5.41) is 1.88. The minimum Gasteiger partial charge on any atom is -0.342 e. The van der Waals surface area contributed by atoms with Crippen molar-refractivity contribution in [3.8, 4) is 0 Å². The van der Waals surface area contributed by atoms with E-state index in [0.717, 1.165) is 35.5 Å². The van der Waals surface area contributed by atoms with E-state index >= 15 is 0 Å². The number of amides is 2. The molecule has 7 heteroatoms. The summed E-state index contributed by atoms with van der Waals surface area (Å²) in [6.45, 7) is 8.81. The Kier molecular flexibility index (Phi) is 6.40. The van der Waals surface area contributed by atoms with Crippen molar-refractivity contribution >= 4 is 39.1 Å². The molecule has 1 aromatic rings. The van der Waals surface area contributed by atoms with E-state index in [1.165, 1.54) is 11.3 Å². The number of thiophene rings is 1. The highest BCUT2D eigenvalue weighted by atomic mass is 79.9. The van der Waals surface area contributed by atoms with Crippen molar-refractivity contribution in [3.63, 3.8) is 0 Å². The third kappa shape index (κ3) is 4.30. The summed E-state index contributed by atoms with van der Waals surface area (Å²) in [5.74, 6) is 0.253. The van der Waals surface area contributed by atoms with Gasteiger partial charge in [0.15, 0.2) is 0 Å². The molecule has 2 rings (SSSR count). The predicted octanol–water partition coefficient (Wildman–Crippen LogP) is 2.14. The maximum absolute atomic E-state index is 12.4. The number of rotatable bonds is 5. The van der Waals surface area contributed by atoms with E-state index in [2.05, 4.69) is 20.8 Å². The second-order valence-corrected chi connectivity index (χ2v) is 7.56. The Morgan fingerprint density at radius 1 is 1.23 bits per heavy atom. The van der Waals surface area contributed by atoms with Gasteiger partial charge in [0.1, 0.15) is 0 Å². The molecule has 122 valence electrons. The summed E-state index contributed by atoms with van der Waals surface area (Å²) in [5.41, 5.74) is 0.740. The van der Waals surface area contributed by atoms with Crippen molar-refractivity contribution in [3.05, 3.63) is 20.8 Å². The number of piperazine rings is 1. The lowest BCUT2D eigenvalue weighted by molar-refractivity contribution is -0.132. The molecule has 2 amide bonds. The van der Waals surface area contributed by atoms with Crippen LogP contribution in [-0.4, -0.2) is 72.3 Å². The van der Waals surface area contributed by atoms with Crippen molar-refractivity contribution in [2.45, 2.75) is 13.8 Å². The zero-order valence-electron chi connectivity index (χ0n) is 13.0. The molecule has 0 N–H and O–H groups in total. The molecule has 1 aliphatic heterocycles. The summed E-state index contributed by atoms with van der Waals surface area (Å²) >= 11 is 4.91. The van der Waals surface area contributed by atoms with E-state index in [0.29, 0.717) is 19.6 Å². The maximum atomic E-state index is 12.4. The first kappa shape index (κ1) is 17.4. The minimum atomic E-state index is 0.0802. The SMILES string of the molecule is CCN(CC)C(=O)CN1CCN(C(=O)c2csc(Br)c2)CC1. The molecule has 2 heterocycles. The molecule has 0 unspecified atom stereocenters. The number of nitrogens with zero attached hydrogens (tertiary/aromatic N) is 3. The van der Waals surface area contributed by atoms with E-state index in [9.17, 15) is 9.59 Å². The first-order chi connectivity index (χ1) is 10.5. The normalized spacial score (nSPS) is 15.9. The Labute approximate surface area is 144 Å². The molecular weight excluding hydrogens is 366 g/mol. The van der Waals surface area contributed by atoms with Crippen molar-refractivity contribution in [1.82, 2.24) is 14.7 Å². The molecule has 1 fully saturated rings. The number of halogens is 1. The summed E-state index contributed by atoms with van der Waals surface area (Å²) < 4.78 is 0.972. The summed E-state index contributed by atoms with van der Waals surface area (Å²) in [6, 6.07) is 1.86. The van der Waals surface area contributed by atoms with Gasteiger partial charge in [-0.25, -0.2) is 0 Å². The third-order valence-corrected chi connectivity index (χ3v) is 5.45. The molecule has 0 spiro atoms. The molecular formula is C15H22BrN3O2S. The Morgan fingerprint density at radius 2 is 1.86 bits per heavy atom. The van der Waals surface area contributed by atoms with Crippen LogP contribution in [0.2, 0.25) is 0 Å². The maximum Gasteiger partial charge on any atom is 0.254 e. The van der Waals surface area contributed by atoms with Gasteiger partial charge in [0.05, 0.1) is 15.9 Å². The number of carbonyl (C=O) groups excluding carboxylic acids is 2. The van der Waals surface area contributed by atoms with Crippen molar-refractivity contribution in [1.29, 1.82) is 0 Å². The topological polar surface area (TPSA) is 43.9 Å². The highest BCUT2D eigenvalue weighted by Crippen LogP contribution is 2.22. The molecule has 1 aliphatic rings. The van der Waals surface area contributed by atoms with Crippen LogP contribution in [0.5, 0.6) is 0 Å². The average molecular weight is 388 g/mol. The van der Waals surface area contributed by atoms with Crippen molar-refractivity contribution in [2.24, 2.45) is 0 Å². The number of hydrogen-bond acceptors (Lipinski definition) is 4. The van der Waals surface area contributed by atoms with Gasteiger partial charge < -0.3 is 9.80 Å². The Balaban J connectivity index is 1.83. The zero-order valence-corrected chi connectivity index (χ0v) is 15.5. The second kappa shape index (κ2) is 8.08. The molecule has 22 heavy (non-hydrogen) atoms. The first-order valence-corrected chi connectivity index (χ1v) is 9.25. The van der Waals surface area contributed by atoms with Gasteiger partial charge >= 0.3 is 0 Å². The van der Waals surface area contributed by atoms with Crippen LogP contribution in [0.4, 0.5) is 0 Å². The predicted molar refractivity (Wildman–Crippen MR) is 92.3 cm³/mol. The van der Waals surface area contributed by atoms with E-state index in [-0.39, 0.29) is 11.8 Å². The standard InChI is InChI=1S/C15H22BrN3O2S/c1-3-18(4-2)14(20)10-17-5-7-19(8-6-17)15(21)12-9-13(16)22-11-12/h9,11H,3-8,10H2,1-2H3. The van der Waals surface area contributed by atoms with Gasteiger partial charge in [0.2, 0.25) is 5.91 Å². The van der Waals surface area contributed by atoms with Crippen LogP contribution in [0.3, 0.4) is 0 Å². The van der Waals surface area contributed by atoms with Crippen LogP contribution >= 0.6 is 27.3 Å². The van der Waals surface area contributed by atoms with Crippen LogP contribution in [0.1, 0.15) is 24.2 Å². The number of hydrogen-bond donors (Lipinski definition) is 0. The van der Waals surface area contributed by atoms with Crippen LogP contribution in [-0.2, 0) is 4.79 Å². The Bertz CT molecular complexity index is 523. The summed E-state index contributed by atoms with van der Waals surface area (Å²) in [7, 11) is 0. The van der Waals surface area contributed by atoms with E-state index in [1.54, 1.807) is 0 Å². The molecule has 1 saturated heterocycles. The largest absolute Gasteiger partial charge is 0.342 e. The highest BCUT2D eigenvalue weighted by Gasteiger charge is 2.24. The fourth-order valence-corrected chi connectivity index (χ4v) is 3.71. The van der Waals surface area contributed by atoms with E-state index < -0.39 is 0 Å². The van der Waals surface area contributed by atoms with Gasteiger partial charge in [-0.1, -0.05) is 0 Å². The van der Waals surface area contributed by atoms with Crippen LogP contribution in [0.25, 0.3) is 0 Å². The molecule has 0 radical (unpaired) electrons. The molecule has 0 saturated carbocycles. The molecule has 0 aliphatic carbocycles. The van der Waals surface area contributed by atoms with Crippen molar-refractivity contribution < 1.29 is 9.59 Å². The molecule has 5 nitrogen and oxygen atoms in total.